The summed E-state index contributed by atoms with van der Waals surface area (Å²) in [6.07, 6.45) is -1.22. The summed E-state index contributed by atoms with van der Waals surface area (Å²) in [6.45, 7) is 1.90. The number of hydrogen-bond donors (Lipinski definition) is 1. The number of carbonyl (C=O) groups is 1. The predicted molar refractivity (Wildman–Crippen MR) is 101 cm³/mol. The molecule has 5 nitrogen and oxygen atoms in total. The lowest BCUT2D eigenvalue weighted by molar-refractivity contribution is -0.141. The summed E-state index contributed by atoms with van der Waals surface area (Å²) in [5.41, 5.74) is -1.08. The van der Waals surface area contributed by atoms with Crippen molar-refractivity contribution >= 4 is 23.4 Å². The first kappa shape index (κ1) is 20.8. The molecule has 0 radical (unpaired) electrons. The number of nitrogens with zero attached hydrogens (tertiary/aromatic N) is 3. The molecule has 29 heavy (non-hydrogen) atoms. The fraction of sp³-hybridized carbons (Fsp3) is 0.211. The van der Waals surface area contributed by atoms with E-state index in [1.807, 2.05) is 18.5 Å². The van der Waals surface area contributed by atoms with Gasteiger partial charge in [-0.05, 0) is 36.8 Å². The number of amides is 1. The highest BCUT2D eigenvalue weighted by atomic mass is 32.2. The fourth-order valence-corrected chi connectivity index (χ4v) is 3.44. The summed E-state index contributed by atoms with van der Waals surface area (Å²) in [7, 11) is 1.85. The van der Waals surface area contributed by atoms with E-state index in [0.29, 0.717) is 5.56 Å². The van der Waals surface area contributed by atoms with Gasteiger partial charge in [0.05, 0.1) is 5.69 Å². The van der Waals surface area contributed by atoms with Gasteiger partial charge < -0.3 is 9.88 Å². The lowest BCUT2D eigenvalue weighted by Crippen LogP contribution is -2.17. The van der Waals surface area contributed by atoms with E-state index in [0.717, 1.165) is 23.4 Å². The Labute approximate surface area is 168 Å². The summed E-state index contributed by atoms with van der Waals surface area (Å²) in [6, 6.07) is 7.18. The van der Waals surface area contributed by atoms with Gasteiger partial charge in [0.1, 0.15) is 17.2 Å². The molecule has 0 spiro atoms. The SMILES string of the molecule is CC(Sc1nccn1C)c1ccc(F)c(NC(=O)c2cccc(C(F)(F)F)n2)c1. The zero-order valence-corrected chi connectivity index (χ0v) is 16.2. The second-order valence-corrected chi connectivity index (χ2v) is 7.49. The van der Waals surface area contributed by atoms with Gasteiger partial charge in [-0.15, -0.1) is 0 Å². The zero-order valence-electron chi connectivity index (χ0n) is 15.4. The van der Waals surface area contributed by atoms with E-state index in [-0.39, 0.29) is 10.9 Å². The number of halogens is 4. The summed E-state index contributed by atoms with van der Waals surface area (Å²) >= 11 is 1.44. The first-order chi connectivity index (χ1) is 13.6. The van der Waals surface area contributed by atoms with Gasteiger partial charge in [-0.25, -0.2) is 14.4 Å². The molecule has 0 bridgehead atoms. The number of nitrogens with one attached hydrogen (secondary N) is 1. The van der Waals surface area contributed by atoms with Gasteiger partial charge in [0.2, 0.25) is 0 Å². The zero-order chi connectivity index (χ0) is 21.2. The minimum atomic E-state index is -4.68. The largest absolute Gasteiger partial charge is 0.433 e. The van der Waals surface area contributed by atoms with Crippen LogP contribution in [0.15, 0.2) is 53.9 Å². The summed E-state index contributed by atoms with van der Waals surface area (Å²) < 4.78 is 54.4. The number of thioether (sulfide) groups is 1. The molecule has 0 aliphatic rings. The van der Waals surface area contributed by atoms with Gasteiger partial charge in [-0.1, -0.05) is 23.9 Å². The molecular weight excluding hydrogens is 408 g/mol. The van der Waals surface area contributed by atoms with E-state index in [2.05, 4.69) is 15.3 Å². The number of benzene rings is 1. The molecular formula is C19H16F4N4OS. The second kappa shape index (κ2) is 8.24. The summed E-state index contributed by atoms with van der Waals surface area (Å²) in [5.74, 6) is -1.64. The quantitative estimate of drug-likeness (QED) is 0.459. The highest BCUT2D eigenvalue weighted by Gasteiger charge is 2.33. The lowest BCUT2D eigenvalue weighted by Gasteiger charge is -2.14. The van der Waals surface area contributed by atoms with E-state index in [4.69, 9.17) is 0 Å². The van der Waals surface area contributed by atoms with Crippen molar-refractivity contribution in [3.63, 3.8) is 0 Å². The van der Waals surface area contributed by atoms with Crippen LogP contribution in [0.3, 0.4) is 0 Å². The van der Waals surface area contributed by atoms with Gasteiger partial charge >= 0.3 is 6.18 Å². The molecule has 0 aliphatic carbocycles. The summed E-state index contributed by atoms with van der Waals surface area (Å²) in [4.78, 5) is 19.8. The van der Waals surface area contributed by atoms with Gasteiger partial charge in [0.25, 0.3) is 5.91 Å². The average Bonchev–Trinajstić information content (AvgIpc) is 3.07. The van der Waals surface area contributed by atoms with Crippen LogP contribution < -0.4 is 5.32 Å². The molecule has 2 heterocycles. The Morgan fingerprint density at radius 2 is 2.00 bits per heavy atom. The standard InChI is InChI=1S/C19H16F4N4OS/c1-11(29-18-24-8-9-27(18)2)12-6-7-13(20)15(10-12)26-17(28)14-4-3-5-16(25-14)19(21,22)23/h3-11H,1-2H3,(H,26,28). The van der Waals surface area contributed by atoms with Crippen LogP contribution in [0.2, 0.25) is 0 Å². The van der Waals surface area contributed by atoms with Crippen molar-refractivity contribution in [2.75, 3.05) is 5.32 Å². The molecule has 3 rings (SSSR count). The van der Waals surface area contributed by atoms with Crippen LogP contribution in [-0.2, 0) is 13.2 Å². The normalized spacial score (nSPS) is 12.6. The van der Waals surface area contributed by atoms with E-state index in [1.54, 1.807) is 18.5 Å². The minimum absolute atomic E-state index is 0.112. The van der Waals surface area contributed by atoms with Crippen molar-refractivity contribution in [3.05, 3.63) is 71.6 Å². The van der Waals surface area contributed by atoms with Crippen molar-refractivity contribution in [1.29, 1.82) is 0 Å². The monoisotopic (exact) mass is 424 g/mol. The number of carbonyl (C=O) groups excluding carboxylic acids is 1. The van der Waals surface area contributed by atoms with E-state index in [1.165, 1.54) is 23.9 Å². The van der Waals surface area contributed by atoms with Crippen LogP contribution in [0.1, 0.15) is 33.9 Å². The Balaban J connectivity index is 1.80. The molecule has 0 saturated heterocycles. The molecule has 0 aliphatic heterocycles. The number of hydrogen-bond acceptors (Lipinski definition) is 4. The van der Waals surface area contributed by atoms with Crippen molar-refractivity contribution in [2.24, 2.45) is 7.05 Å². The maximum Gasteiger partial charge on any atom is 0.433 e. The lowest BCUT2D eigenvalue weighted by atomic mass is 10.1. The Hall–Kier alpha value is -2.88. The molecule has 1 N–H and O–H groups in total. The van der Waals surface area contributed by atoms with Crippen LogP contribution >= 0.6 is 11.8 Å². The Morgan fingerprint density at radius 1 is 1.24 bits per heavy atom. The van der Waals surface area contributed by atoms with Crippen LogP contribution in [0.25, 0.3) is 0 Å². The minimum Gasteiger partial charge on any atom is -0.329 e. The molecule has 3 aromatic rings. The van der Waals surface area contributed by atoms with E-state index < -0.39 is 29.3 Å². The first-order valence-corrected chi connectivity index (χ1v) is 9.32. The van der Waals surface area contributed by atoms with Crippen molar-refractivity contribution < 1.29 is 22.4 Å². The number of alkyl halides is 3. The van der Waals surface area contributed by atoms with Gasteiger partial charge in [0.15, 0.2) is 5.16 Å². The topological polar surface area (TPSA) is 59.8 Å². The molecule has 1 amide bonds. The van der Waals surface area contributed by atoms with Crippen molar-refractivity contribution in [3.8, 4) is 0 Å². The molecule has 1 unspecified atom stereocenters. The number of aromatic nitrogens is 3. The molecule has 0 fully saturated rings. The number of pyridine rings is 1. The maximum absolute atomic E-state index is 14.2. The Morgan fingerprint density at radius 3 is 2.66 bits per heavy atom. The number of anilines is 1. The molecule has 152 valence electrons. The smallest absolute Gasteiger partial charge is 0.329 e. The molecule has 1 atom stereocenters. The van der Waals surface area contributed by atoms with Crippen molar-refractivity contribution in [2.45, 2.75) is 23.5 Å². The third-order valence-corrected chi connectivity index (χ3v) is 5.27. The second-order valence-electron chi connectivity index (χ2n) is 6.18. The highest BCUT2D eigenvalue weighted by molar-refractivity contribution is 7.99. The van der Waals surface area contributed by atoms with Gasteiger partial charge in [-0.2, -0.15) is 13.2 Å². The number of rotatable bonds is 5. The molecule has 1 aromatic carbocycles. The van der Waals surface area contributed by atoms with Crippen LogP contribution in [0, 0.1) is 5.82 Å². The Bertz CT molecular complexity index is 1040. The fourth-order valence-electron chi connectivity index (χ4n) is 2.49. The molecule has 10 heteroatoms. The van der Waals surface area contributed by atoms with E-state index in [9.17, 15) is 22.4 Å². The predicted octanol–water partition coefficient (Wildman–Crippen LogP) is 5.08. The van der Waals surface area contributed by atoms with Gasteiger partial charge in [-0.3, -0.25) is 4.79 Å². The van der Waals surface area contributed by atoms with Crippen LogP contribution in [0.5, 0.6) is 0 Å². The van der Waals surface area contributed by atoms with Crippen LogP contribution in [0.4, 0.5) is 23.2 Å². The number of imidazole rings is 1. The Kier molecular flexibility index (Phi) is 5.92. The van der Waals surface area contributed by atoms with Crippen LogP contribution in [-0.4, -0.2) is 20.4 Å². The average molecular weight is 424 g/mol. The summed E-state index contributed by atoms with van der Waals surface area (Å²) in [5, 5.41) is 2.95. The molecule has 0 saturated carbocycles. The highest BCUT2D eigenvalue weighted by Crippen LogP contribution is 2.35. The van der Waals surface area contributed by atoms with Gasteiger partial charge in [0, 0.05) is 24.7 Å². The number of aryl methyl sites for hydroxylation is 1. The first-order valence-electron chi connectivity index (χ1n) is 8.44. The third kappa shape index (κ3) is 4.94. The maximum atomic E-state index is 14.2. The van der Waals surface area contributed by atoms with Crippen molar-refractivity contribution in [1.82, 2.24) is 14.5 Å². The van der Waals surface area contributed by atoms with E-state index >= 15 is 0 Å². The molecule has 2 aromatic heterocycles. The third-order valence-electron chi connectivity index (χ3n) is 4.04.